The third kappa shape index (κ3) is 4.46. The number of benzene rings is 1. The number of nitrogens with zero attached hydrogens (tertiary/aromatic N) is 1. The summed E-state index contributed by atoms with van der Waals surface area (Å²) in [6.07, 6.45) is -1.46. The molecule has 1 aromatic carbocycles. The maximum atomic E-state index is 12.5. The minimum atomic E-state index is -3.65. The molecule has 1 saturated heterocycles. The van der Waals surface area contributed by atoms with Crippen molar-refractivity contribution in [2.45, 2.75) is 30.2 Å². The fourth-order valence-corrected chi connectivity index (χ4v) is 3.97. The first kappa shape index (κ1) is 17.8. The Morgan fingerprint density at radius 2 is 1.83 bits per heavy atom. The lowest BCUT2D eigenvalue weighted by molar-refractivity contribution is 0.1000. The molecule has 1 aromatic rings. The lowest BCUT2D eigenvalue weighted by atomic mass is 10.1. The molecule has 0 spiro atoms. The molecule has 23 heavy (non-hydrogen) atoms. The van der Waals surface area contributed by atoms with Gasteiger partial charge in [0, 0.05) is 24.7 Å². The van der Waals surface area contributed by atoms with Crippen molar-refractivity contribution in [3.63, 3.8) is 0 Å². The largest absolute Gasteiger partial charge is 0.366 e. The van der Waals surface area contributed by atoms with Gasteiger partial charge in [-0.3, -0.25) is 4.79 Å². The van der Waals surface area contributed by atoms with Gasteiger partial charge in [0.05, 0.1) is 11.4 Å². The van der Waals surface area contributed by atoms with Gasteiger partial charge in [0.25, 0.3) is 6.43 Å². The van der Waals surface area contributed by atoms with Crippen molar-refractivity contribution in [3.05, 3.63) is 29.8 Å². The number of carbonyl (C=O) groups is 1. The maximum absolute atomic E-state index is 12.5. The van der Waals surface area contributed by atoms with Gasteiger partial charge in [-0.05, 0) is 37.1 Å². The summed E-state index contributed by atoms with van der Waals surface area (Å²) in [5.41, 5.74) is 5.36. The topological polar surface area (TPSA) is 92.5 Å². The minimum Gasteiger partial charge on any atom is -0.366 e. The normalized spacial score (nSPS) is 17.5. The highest BCUT2D eigenvalue weighted by molar-refractivity contribution is 7.89. The Hall–Kier alpha value is -1.58. The van der Waals surface area contributed by atoms with Gasteiger partial charge in [-0.25, -0.2) is 17.2 Å². The van der Waals surface area contributed by atoms with Crippen LogP contribution in [-0.4, -0.2) is 50.7 Å². The highest BCUT2D eigenvalue weighted by Crippen LogP contribution is 2.21. The molecule has 6 nitrogen and oxygen atoms in total. The van der Waals surface area contributed by atoms with Gasteiger partial charge in [-0.15, -0.1) is 0 Å². The third-order valence-electron chi connectivity index (χ3n) is 3.79. The van der Waals surface area contributed by atoms with E-state index in [1.165, 1.54) is 28.6 Å². The van der Waals surface area contributed by atoms with E-state index in [9.17, 15) is 22.0 Å². The fraction of sp³-hybridized carbons (Fsp3) is 0.500. The monoisotopic (exact) mass is 347 g/mol. The molecule has 0 aromatic heterocycles. The van der Waals surface area contributed by atoms with E-state index in [4.69, 9.17) is 5.73 Å². The number of halogens is 2. The second-order valence-corrected chi connectivity index (χ2v) is 7.30. The highest BCUT2D eigenvalue weighted by atomic mass is 32.2. The van der Waals surface area contributed by atoms with Crippen molar-refractivity contribution in [1.29, 1.82) is 0 Å². The summed E-state index contributed by atoms with van der Waals surface area (Å²) in [5, 5.41) is 2.73. The molecule has 1 fully saturated rings. The molecule has 0 bridgehead atoms. The van der Waals surface area contributed by atoms with Gasteiger partial charge in [0.15, 0.2) is 0 Å². The van der Waals surface area contributed by atoms with E-state index in [0.717, 1.165) is 0 Å². The molecular weight excluding hydrogens is 328 g/mol. The number of hydrogen-bond acceptors (Lipinski definition) is 4. The Balaban J connectivity index is 2.00. The molecule has 1 heterocycles. The SMILES string of the molecule is NC(=O)c1ccc(S(=O)(=O)N2CCC(NCC(F)F)CC2)cc1. The number of carbonyl (C=O) groups excluding carboxylic acids is 1. The van der Waals surface area contributed by atoms with E-state index >= 15 is 0 Å². The summed E-state index contributed by atoms with van der Waals surface area (Å²) in [7, 11) is -3.65. The van der Waals surface area contributed by atoms with Crippen LogP contribution in [0, 0.1) is 0 Å². The van der Waals surface area contributed by atoms with E-state index in [1.54, 1.807) is 0 Å². The van der Waals surface area contributed by atoms with E-state index in [0.29, 0.717) is 12.8 Å². The van der Waals surface area contributed by atoms with Crippen molar-refractivity contribution >= 4 is 15.9 Å². The van der Waals surface area contributed by atoms with E-state index in [1.807, 2.05) is 0 Å². The van der Waals surface area contributed by atoms with Crippen molar-refractivity contribution < 1.29 is 22.0 Å². The molecule has 2 rings (SSSR count). The summed E-state index contributed by atoms with van der Waals surface area (Å²) in [5.74, 6) is -0.625. The Bertz CT molecular complexity index is 642. The van der Waals surface area contributed by atoms with Crippen molar-refractivity contribution in [1.82, 2.24) is 9.62 Å². The highest BCUT2D eigenvalue weighted by Gasteiger charge is 2.29. The van der Waals surface area contributed by atoms with E-state index < -0.39 is 22.4 Å². The second kappa shape index (κ2) is 7.33. The predicted octanol–water partition coefficient (Wildman–Crippen LogP) is 0.793. The van der Waals surface area contributed by atoms with Crippen molar-refractivity contribution in [2.75, 3.05) is 19.6 Å². The Labute approximate surface area is 133 Å². The average molecular weight is 347 g/mol. The van der Waals surface area contributed by atoms with Crippen LogP contribution in [0.2, 0.25) is 0 Å². The summed E-state index contributed by atoms with van der Waals surface area (Å²) >= 11 is 0. The number of nitrogens with two attached hydrogens (primary N) is 1. The summed E-state index contributed by atoms with van der Waals surface area (Å²) in [4.78, 5) is 11.1. The first-order chi connectivity index (χ1) is 10.8. The Morgan fingerprint density at radius 3 is 2.30 bits per heavy atom. The molecule has 128 valence electrons. The number of piperidine rings is 1. The van der Waals surface area contributed by atoms with Crippen LogP contribution in [0.25, 0.3) is 0 Å². The van der Waals surface area contributed by atoms with Crippen LogP contribution in [0.3, 0.4) is 0 Å². The molecule has 1 aliphatic heterocycles. The molecule has 0 saturated carbocycles. The number of nitrogens with one attached hydrogen (secondary N) is 1. The van der Waals surface area contributed by atoms with Gasteiger partial charge in [0.2, 0.25) is 15.9 Å². The summed E-state index contributed by atoms with van der Waals surface area (Å²) < 4.78 is 50.7. The summed E-state index contributed by atoms with van der Waals surface area (Å²) in [6.45, 7) is 0.146. The Morgan fingerprint density at radius 1 is 1.26 bits per heavy atom. The molecule has 3 N–H and O–H groups in total. The van der Waals surface area contributed by atoms with Gasteiger partial charge < -0.3 is 11.1 Å². The third-order valence-corrected chi connectivity index (χ3v) is 5.70. The molecular formula is C14H19F2N3O3S. The molecule has 0 atom stereocenters. The number of amides is 1. The van der Waals surface area contributed by atoms with Crippen LogP contribution in [0.15, 0.2) is 29.2 Å². The van der Waals surface area contributed by atoms with Crippen LogP contribution in [0.4, 0.5) is 8.78 Å². The molecule has 9 heteroatoms. The second-order valence-electron chi connectivity index (χ2n) is 5.37. The zero-order valence-electron chi connectivity index (χ0n) is 12.4. The number of primary amides is 1. The predicted molar refractivity (Wildman–Crippen MR) is 80.7 cm³/mol. The molecule has 1 aliphatic rings. The minimum absolute atomic E-state index is 0.0847. The number of hydrogen-bond donors (Lipinski definition) is 2. The van der Waals surface area contributed by atoms with E-state index in [2.05, 4.69) is 5.32 Å². The number of alkyl halides is 2. The zero-order valence-corrected chi connectivity index (χ0v) is 13.2. The van der Waals surface area contributed by atoms with E-state index in [-0.39, 0.29) is 36.1 Å². The zero-order chi connectivity index (χ0) is 17.0. The average Bonchev–Trinajstić information content (AvgIpc) is 2.53. The smallest absolute Gasteiger partial charge is 0.250 e. The molecule has 1 amide bonds. The van der Waals surface area contributed by atoms with Gasteiger partial charge in [-0.1, -0.05) is 0 Å². The molecule has 0 unspecified atom stereocenters. The van der Waals surface area contributed by atoms with Gasteiger partial charge in [0.1, 0.15) is 0 Å². The van der Waals surface area contributed by atoms with Crippen LogP contribution in [0.1, 0.15) is 23.2 Å². The van der Waals surface area contributed by atoms with Crippen LogP contribution in [0.5, 0.6) is 0 Å². The van der Waals surface area contributed by atoms with Crippen LogP contribution in [-0.2, 0) is 10.0 Å². The quantitative estimate of drug-likeness (QED) is 0.796. The lowest BCUT2D eigenvalue weighted by Crippen LogP contribution is -2.45. The van der Waals surface area contributed by atoms with Crippen molar-refractivity contribution in [2.24, 2.45) is 5.73 Å². The van der Waals surface area contributed by atoms with Gasteiger partial charge >= 0.3 is 0 Å². The summed E-state index contributed by atoms with van der Waals surface area (Å²) in [6, 6.07) is 5.32. The van der Waals surface area contributed by atoms with Crippen molar-refractivity contribution in [3.8, 4) is 0 Å². The molecule has 0 aliphatic carbocycles. The van der Waals surface area contributed by atoms with Crippen LogP contribution >= 0.6 is 0 Å². The standard InChI is InChI=1S/C14H19F2N3O3S/c15-13(16)9-18-11-5-7-19(8-6-11)23(21,22)12-3-1-10(2-4-12)14(17)20/h1-4,11,13,18H,5-9H2,(H2,17,20). The molecule has 0 radical (unpaired) electrons. The van der Waals surface area contributed by atoms with Crippen LogP contribution < -0.4 is 11.1 Å². The first-order valence-corrected chi connectivity index (χ1v) is 8.66. The first-order valence-electron chi connectivity index (χ1n) is 7.22. The lowest BCUT2D eigenvalue weighted by Gasteiger charge is -2.31. The fourth-order valence-electron chi connectivity index (χ4n) is 2.50. The maximum Gasteiger partial charge on any atom is 0.250 e. The Kier molecular flexibility index (Phi) is 5.66. The van der Waals surface area contributed by atoms with Gasteiger partial charge in [-0.2, -0.15) is 4.31 Å². The number of sulfonamides is 1. The number of rotatable bonds is 6.